The van der Waals surface area contributed by atoms with Gasteiger partial charge in [-0.05, 0) is 30.3 Å². The van der Waals surface area contributed by atoms with E-state index >= 15 is 0 Å². The van der Waals surface area contributed by atoms with Crippen molar-refractivity contribution >= 4 is 17.0 Å². The average molecular weight is 295 g/mol. The van der Waals surface area contributed by atoms with Crippen LogP contribution in [0, 0.1) is 0 Å². The monoisotopic (exact) mass is 295 g/mol. The van der Waals surface area contributed by atoms with Crippen LogP contribution in [0.15, 0.2) is 48.0 Å². The number of ether oxygens (including phenoxy) is 1. The van der Waals surface area contributed by atoms with Crippen LogP contribution >= 0.6 is 11.3 Å². The Hall–Kier alpha value is -2.40. The van der Waals surface area contributed by atoms with E-state index in [9.17, 15) is 0 Å². The summed E-state index contributed by atoms with van der Waals surface area (Å²) in [6.45, 7) is 1.56. The summed E-state index contributed by atoms with van der Waals surface area (Å²) in [5.41, 5.74) is 3.95. The van der Waals surface area contributed by atoms with Gasteiger partial charge < -0.3 is 10.1 Å². The predicted octanol–water partition coefficient (Wildman–Crippen LogP) is 3.68. The molecule has 3 aromatic rings. The van der Waals surface area contributed by atoms with E-state index in [1.807, 2.05) is 35.7 Å². The van der Waals surface area contributed by atoms with Gasteiger partial charge in [-0.2, -0.15) is 0 Å². The maximum atomic E-state index is 5.60. The van der Waals surface area contributed by atoms with Gasteiger partial charge in [-0.1, -0.05) is 6.07 Å². The molecule has 0 saturated heterocycles. The summed E-state index contributed by atoms with van der Waals surface area (Å²) in [7, 11) is 0. The minimum absolute atomic E-state index is 0.716. The number of fused-ring (bicyclic) bond motifs is 1. The van der Waals surface area contributed by atoms with Crippen molar-refractivity contribution in [2.45, 2.75) is 0 Å². The van der Waals surface area contributed by atoms with E-state index in [4.69, 9.17) is 4.74 Å². The van der Waals surface area contributed by atoms with Crippen LogP contribution in [0.5, 0.6) is 5.75 Å². The van der Waals surface area contributed by atoms with Gasteiger partial charge in [0, 0.05) is 23.7 Å². The number of aromatic nitrogens is 2. The third-order valence-corrected chi connectivity index (χ3v) is 4.22. The first-order chi connectivity index (χ1) is 10.4. The zero-order valence-corrected chi connectivity index (χ0v) is 12.1. The summed E-state index contributed by atoms with van der Waals surface area (Å²) in [5, 5.41) is 6.38. The Bertz CT molecular complexity index is 770. The molecule has 21 heavy (non-hydrogen) atoms. The molecule has 0 aliphatic carbocycles. The maximum Gasteiger partial charge on any atom is 0.142 e. The Morgan fingerprint density at radius 1 is 1.14 bits per heavy atom. The van der Waals surface area contributed by atoms with Crippen molar-refractivity contribution in [3.05, 3.63) is 48.0 Å². The number of hydrogen-bond donors (Lipinski definition) is 1. The largest absolute Gasteiger partial charge is 0.490 e. The number of hydrogen-bond acceptors (Lipinski definition) is 5. The molecule has 4 nitrogen and oxygen atoms in total. The number of rotatable bonds is 2. The highest BCUT2D eigenvalue weighted by molar-refractivity contribution is 7.13. The maximum absolute atomic E-state index is 5.60. The zero-order valence-electron chi connectivity index (χ0n) is 11.2. The molecule has 1 N–H and O–H groups in total. The Morgan fingerprint density at radius 2 is 2.14 bits per heavy atom. The lowest BCUT2D eigenvalue weighted by Gasteiger charge is -2.19. The van der Waals surface area contributed by atoms with Gasteiger partial charge in [0.2, 0.25) is 0 Å². The molecule has 4 rings (SSSR count). The molecule has 1 aromatic carbocycles. The van der Waals surface area contributed by atoms with E-state index in [0.717, 1.165) is 39.9 Å². The van der Waals surface area contributed by atoms with E-state index in [1.54, 1.807) is 17.5 Å². The van der Waals surface area contributed by atoms with Gasteiger partial charge in [-0.25, -0.2) is 4.98 Å². The first kappa shape index (κ1) is 12.3. The molecule has 0 unspecified atom stereocenters. The van der Waals surface area contributed by atoms with Gasteiger partial charge in [0.05, 0.1) is 11.4 Å². The summed E-state index contributed by atoms with van der Waals surface area (Å²) in [6.07, 6.45) is 1.79. The van der Waals surface area contributed by atoms with Crippen molar-refractivity contribution in [1.82, 2.24) is 9.97 Å². The van der Waals surface area contributed by atoms with Crippen molar-refractivity contribution in [3.8, 4) is 27.7 Å². The van der Waals surface area contributed by atoms with Crippen LogP contribution in [0.2, 0.25) is 0 Å². The summed E-state index contributed by atoms with van der Waals surface area (Å²) < 4.78 is 5.60. The van der Waals surface area contributed by atoms with E-state index in [1.165, 1.54) is 0 Å². The molecular formula is C16H13N3OS. The van der Waals surface area contributed by atoms with E-state index < -0.39 is 0 Å². The fourth-order valence-corrected chi connectivity index (χ4v) is 3.12. The minimum Gasteiger partial charge on any atom is -0.490 e. The van der Waals surface area contributed by atoms with Gasteiger partial charge in [-0.15, -0.1) is 11.3 Å². The van der Waals surface area contributed by atoms with Crippen LogP contribution in [0.1, 0.15) is 0 Å². The first-order valence-corrected chi connectivity index (χ1v) is 7.66. The molecule has 104 valence electrons. The summed E-state index contributed by atoms with van der Waals surface area (Å²) >= 11 is 1.63. The lowest BCUT2D eigenvalue weighted by atomic mass is 10.2. The Kier molecular flexibility index (Phi) is 3.05. The predicted molar refractivity (Wildman–Crippen MR) is 84.8 cm³/mol. The van der Waals surface area contributed by atoms with Gasteiger partial charge in [0.1, 0.15) is 23.1 Å². The average Bonchev–Trinajstić information content (AvgIpc) is 3.05. The molecule has 5 heteroatoms. The molecule has 0 atom stereocenters. The van der Waals surface area contributed by atoms with Crippen molar-refractivity contribution in [3.63, 3.8) is 0 Å². The van der Waals surface area contributed by atoms with Crippen molar-refractivity contribution in [2.24, 2.45) is 0 Å². The zero-order chi connectivity index (χ0) is 14.1. The second-order valence-corrected chi connectivity index (χ2v) is 5.60. The number of pyridine rings is 1. The number of benzene rings is 1. The van der Waals surface area contributed by atoms with E-state index in [2.05, 4.69) is 21.4 Å². The lowest BCUT2D eigenvalue weighted by molar-refractivity contribution is 0.323. The van der Waals surface area contributed by atoms with Gasteiger partial charge >= 0.3 is 0 Å². The minimum atomic E-state index is 0.716. The van der Waals surface area contributed by atoms with Crippen molar-refractivity contribution in [2.75, 3.05) is 18.5 Å². The summed E-state index contributed by atoms with van der Waals surface area (Å²) in [4.78, 5) is 9.03. The fraction of sp³-hybridized carbons (Fsp3) is 0.125. The van der Waals surface area contributed by atoms with Crippen LogP contribution in [0.3, 0.4) is 0 Å². The highest BCUT2D eigenvalue weighted by Gasteiger charge is 2.13. The molecular weight excluding hydrogens is 282 g/mol. The smallest absolute Gasteiger partial charge is 0.142 e. The molecule has 2 aromatic heterocycles. The first-order valence-electron chi connectivity index (χ1n) is 6.78. The molecule has 0 radical (unpaired) electrons. The standard InChI is InChI=1S/C16H13N3OS/c1-2-6-17-12(3-1)14-10-21-16(19-14)11-4-5-15-13(9-11)18-7-8-20-15/h1-6,9-10,18H,7-8H2. The Labute approximate surface area is 126 Å². The van der Waals surface area contributed by atoms with Crippen molar-refractivity contribution < 1.29 is 4.74 Å². The van der Waals surface area contributed by atoms with Crippen LogP contribution < -0.4 is 10.1 Å². The SMILES string of the molecule is c1ccc(-c2csc(-c3ccc4c(c3)NCCO4)n2)nc1. The lowest BCUT2D eigenvalue weighted by Crippen LogP contribution is -2.17. The summed E-state index contributed by atoms with van der Waals surface area (Å²) in [5.74, 6) is 0.909. The fourth-order valence-electron chi connectivity index (χ4n) is 2.31. The molecule has 3 heterocycles. The second-order valence-electron chi connectivity index (χ2n) is 4.74. The highest BCUT2D eigenvalue weighted by atomic mass is 32.1. The molecule has 1 aliphatic rings. The van der Waals surface area contributed by atoms with Crippen molar-refractivity contribution in [1.29, 1.82) is 0 Å². The quantitative estimate of drug-likeness (QED) is 0.783. The number of anilines is 1. The van der Waals surface area contributed by atoms with Gasteiger partial charge in [0.25, 0.3) is 0 Å². The normalized spacial score (nSPS) is 13.1. The summed E-state index contributed by atoms with van der Waals surface area (Å²) in [6, 6.07) is 12.0. The third kappa shape index (κ3) is 2.36. The Morgan fingerprint density at radius 3 is 3.05 bits per heavy atom. The number of nitrogens with zero attached hydrogens (tertiary/aromatic N) is 2. The number of nitrogens with one attached hydrogen (secondary N) is 1. The molecule has 0 amide bonds. The Balaban J connectivity index is 1.70. The van der Waals surface area contributed by atoms with Gasteiger partial charge in [-0.3, -0.25) is 4.98 Å². The van der Waals surface area contributed by atoms with Gasteiger partial charge in [0.15, 0.2) is 0 Å². The number of thiazole rings is 1. The molecule has 0 saturated carbocycles. The molecule has 0 spiro atoms. The van der Waals surface area contributed by atoms with Crippen LogP contribution in [0.25, 0.3) is 22.0 Å². The van der Waals surface area contributed by atoms with Crippen LogP contribution in [-0.4, -0.2) is 23.1 Å². The van der Waals surface area contributed by atoms with E-state index in [0.29, 0.717) is 6.61 Å². The van der Waals surface area contributed by atoms with Crippen LogP contribution in [0.4, 0.5) is 5.69 Å². The van der Waals surface area contributed by atoms with Crippen LogP contribution in [-0.2, 0) is 0 Å². The second kappa shape index (κ2) is 5.18. The van der Waals surface area contributed by atoms with E-state index in [-0.39, 0.29) is 0 Å². The molecule has 0 bridgehead atoms. The topological polar surface area (TPSA) is 47.0 Å². The molecule has 0 fully saturated rings. The highest BCUT2D eigenvalue weighted by Crippen LogP contribution is 2.34. The molecule has 1 aliphatic heterocycles. The third-order valence-electron chi connectivity index (χ3n) is 3.33.